The summed E-state index contributed by atoms with van der Waals surface area (Å²) in [7, 11) is 0. The number of rotatable bonds is 6. The molecule has 0 aliphatic carbocycles. The molecule has 3 heterocycles. The lowest BCUT2D eigenvalue weighted by atomic mass is 9.86. The average Bonchev–Trinajstić information content (AvgIpc) is 3.54. The van der Waals surface area contributed by atoms with Crippen LogP contribution in [0.15, 0.2) is 170 Å². The van der Waals surface area contributed by atoms with Crippen molar-refractivity contribution in [1.29, 1.82) is 0 Å². The minimum absolute atomic E-state index is 0.0419. The Kier molecular flexibility index (Phi) is 7.97. The van der Waals surface area contributed by atoms with Gasteiger partial charge in [-0.05, 0) is 76.2 Å². The van der Waals surface area contributed by atoms with Crippen LogP contribution in [0.25, 0.3) is 83.9 Å². The first kappa shape index (κ1) is 32.2. The normalized spacial score (nSPS) is 11.7. The molecule has 0 fully saturated rings. The van der Waals surface area contributed by atoms with Gasteiger partial charge in [-0.2, -0.15) is 0 Å². The van der Waals surface area contributed by atoms with Gasteiger partial charge in [0.25, 0.3) is 0 Å². The third-order valence-corrected chi connectivity index (χ3v) is 9.90. The molecule has 0 aliphatic rings. The Balaban J connectivity index is 1.13. The first-order valence-corrected chi connectivity index (χ1v) is 18.0. The summed E-state index contributed by atoms with van der Waals surface area (Å²) in [5.74, 6) is 1.89. The summed E-state index contributed by atoms with van der Waals surface area (Å²) in [6.45, 7) is 6.82. The minimum Gasteiger partial charge on any atom is -0.309 e. The molecule has 9 rings (SSSR count). The maximum atomic E-state index is 5.03. The van der Waals surface area contributed by atoms with Crippen LogP contribution in [0.3, 0.4) is 0 Å². The maximum Gasteiger partial charge on any atom is 0.164 e. The highest BCUT2D eigenvalue weighted by atomic mass is 15.0. The van der Waals surface area contributed by atoms with E-state index in [1.807, 2.05) is 54.7 Å². The van der Waals surface area contributed by atoms with Crippen molar-refractivity contribution in [3.63, 3.8) is 0 Å². The number of fused-ring (bicyclic) bond motifs is 3. The summed E-state index contributed by atoms with van der Waals surface area (Å²) in [5.41, 5.74) is 12.1. The van der Waals surface area contributed by atoms with E-state index in [0.717, 1.165) is 44.6 Å². The Morgan fingerprint density at radius 3 is 1.62 bits per heavy atom. The Bertz CT molecular complexity index is 2730. The van der Waals surface area contributed by atoms with Crippen molar-refractivity contribution in [2.24, 2.45) is 0 Å². The fourth-order valence-corrected chi connectivity index (χ4v) is 7.06. The van der Waals surface area contributed by atoms with Gasteiger partial charge in [-0.15, -0.1) is 0 Å². The molecule has 3 aromatic heterocycles. The van der Waals surface area contributed by atoms with E-state index in [-0.39, 0.29) is 5.41 Å². The molecule has 0 spiro atoms. The molecule has 53 heavy (non-hydrogen) atoms. The number of aromatic nitrogens is 5. The van der Waals surface area contributed by atoms with Gasteiger partial charge in [0.2, 0.25) is 0 Å². The predicted molar refractivity (Wildman–Crippen MR) is 218 cm³/mol. The fourth-order valence-electron chi connectivity index (χ4n) is 7.06. The van der Waals surface area contributed by atoms with Crippen LogP contribution in [0.2, 0.25) is 0 Å². The zero-order chi connectivity index (χ0) is 35.9. The number of hydrogen-bond donors (Lipinski definition) is 0. The molecule has 6 aromatic carbocycles. The quantitative estimate of drug-likeness (QED) is 0.175. The molecule has 0 amide bonds. The van der Waals surface area contributed by atoms with Gasteiger partial charge in [0.15, 0.2) is 17.5 Å². The molecule has 0 aliphatic heterocycles. The molecular weight excluding hydrogens is 647 g/mol. The lowest BCUT2D eigenvalue weighted by Crippen LogP contribution is -2.10. The molecule has 0 radical (unpaired) electrons. The molecule has 0 atom stereocenters. The van der Waals surface area contributed by atoms with Gasteiger partial charge in [-0.1, -0.05) is 130 Å². The van der Waals surface area contributed by atoms with Crippen LogP contribution >= 0.6 is 0 Å². The van der Waals surface area contributed by atoms with Crippen LogP contribution in [-0.4, -0.2) is 24.5 Å². The van der Waals surface area contributed by atoms with Crippen LogP contribution < -0.4 is 0 Å². The van der Waals surface area contributed by atoms with Gasteiger partial charge in [0, 0.05) is 51.1 Å². The highest BCUT2D eigenvalue weighted by Gasteiger charge is 2.19. The van der Waals surface area contributed by atoms with Crippen molar-refractivity contribution in [3.8, 4) is 62.1 Å². The number of hydrogen-bond acceptors (Lipinski definition) is 4. The average molecular weight is 684 g/mol. The van der Waals surface area contributed by atoms with E-state index >= 15 is 0 Å². The minimum atomic E-state index is 0.0419. The summed E-state index contributed by atoms with van der Waals surface area (Å²) >= 11 is 0. The van der Waals surface area contributed by atoms with E-state index < -0.39 is 0 Å². The molecule has 5 heteroatoms. The van der Waals surface area contributed by atoms with Crippen LogP contribution in [-0.2, 0) is 5.41 Å². The zero-order valence-electron chi connectivity index (χ0n) is 29.9. The van der Waals surface area contributed by atoms with Crippen molar-refractivity contribution in [1.82, 2.24) is 24.5 Å². The molecule has 9 aromatic rings. The maximum absolute atomic E-state index is 5.03. The van der Waals surface area contributed by atoms with Gasteiger partial charge in [-0.3, -0.25) is 4.98 Å². The Labute approximate surface area is 309 Å². The number of benzene rings is 6. The van der Waals surface area contributed by atoms with Gasteiger partial charge in [-0.25, -0.2) is 15.0 Å². The van der Waals surface area contributed by atoms with Crippen LogP contribution in [0.4, 0.5) is 0 Å². The smallest absolute Gasteiger partial charge is 0.164 e. The van der Waals surface area contributed by atoms with Crippen molar-refractivity contribution < 1.29 is 0 Å². The van der Waals surface area contributed by atoms with Gasteiger partial charge in [0.05, 0.1) is 11.0 Å². The lowest BCUT2D eigenvalue weighted by Gasteiger charge is -2.19. The number of pyridine rings is 1. The molecule has 0 bridgehead atoms. The number of nitrogens with zero attached hydrogens (tertiary/aromatic N) is 5. The van der Waals surface area contributed by atoms with Crippen molar-refractivity contribution in [3.05, 3.63) is 176 Å². The van der Waals surface area contributed by atoms with Crippen molar-refractivity contribution in [2.45, 2.75) is 26.2 Å². The Morgan fingerprint density at radius 2 is 0.943 bits per heavy atom. The highest BCUT2D eigenvalue weighted by Crippen LogP contribution is 2.38. The van der Waals surface area contributed by atoms with Crippen LogP contribution in [0, 0.1) is 0 Å². The summed E-state index contributed by atoms with van der Waals surface area (Å²) in [6.07, 6.45) is 3.66. The van der Waals surface area contributed by atoms with Crippen molar-refractivity contribution >= 4 is 21.8 Å². The summed E-state index contributed by atoms with van der Waals surface area (Å²) < 4.78 is 2.37. The fraction of sp³-hybridized carbons (Fsp3) is 0.0833. The van der Waals surface area contributed by atoms with Crippen LogP contribution in [0.1, 0.15) is 26.3 Å². The van der Waals surface area contributed by atoms with Gasteiger partial charge >= 0.3 is 0 Å². The third-order valence-electron chi connectivity index (χ3n) is 9.90. The third kappa shape index (κ3) is 6.17. The van der Waals surface area contributed by atoms with E-state index in [4.69, 9.17) is 15.0 Å². The summed E-state index contributed by atoms with van der Waals surface area (Å²) in [5, 5.41) is 2.49. The summed E-state index contributed by atoms with van der Waals surface area (Å²) in [4.78, 5) is 19.3. The SMILES string of the molecule is CC(C)(C)c1ccc2c(c1)c1cc(-c3ccc(-c4nc(-c5ccccc5)nc(-c5cccc(-c6cccnc6)c5)n4)cc3)ccc1n2-c1ccccc1. The van der Waals surface area contributed by atoms with E-state index in [1.165, 1.54) is 27.4 Å². The van der Waals surface area contributed by atoms with Gasteiger partial charge in [0.1, 0.15) is 0 Å². The highest BCUT2D eigenvalue weighted by molar-refractivity contribution is 6.10. The topological polar surface area (TPSA) is 56.5 Å². The Morgan fingerprint density at radius 1 is 0.415 bits per heavy atom. The predicted octanol–water partition coefficient (Wildman–Crippen LogP) is 12.0. The second kappa shape index (κ2) is 13.1. The molecule has 0 unspecified atom stereocenters. The lowest BCUT2D eigenvalue weighted by molar-refractivity contribution is 0.591. The molecular formula is C48H37N5. The van der Waals surface area contributed by atoms with Gasteiger partial charge < -0.3 is 4.57 Å². The van der Waals surface area contributed by atoms with E-state index in [0.29, 0.717) is 17.5 Å². The second-order valence-corrected chi connectivity index (χ2v) is 14.5. The van der Waals surface area contributed by atoms with E-state index in [9.17, 15) is 0 Å². The standard InChI is InChI=1S/C48H37N5/c1-48(2,3)39-24-26-44-42(30-39)41-29-36(23-25-43(41)53(44)40-17-8-5-9-18-40)32-19-21-34(22-20-32)46-50-45(33-12-6-4-7-13-33)51-47(52-46)37-15-10-14-35(28-37)38-16-11-27-49-31-38/h4-31H,1-3H3. The monoisotopic (exact) mass is 683 g/mol. The molecule has 5 nitrogen and oxygen atoms in total. The van der Waals surface area contributed by atoms with E-state index in [1.54, 1.807) is 6.20 Å². The zero-order valence-corrected chi connectivity index (χ0v) is 29.9. The molecule has 254 valence electrons. The number of para-hydroxylation sites is 1. The first-order valence-electron chi connectivity index (χ1n) is 18.0. The molecule has 0 N–H and O–H groups in total. The van der Waals surface area contributed by atoms with E-state index in [2.05, 4.69) is 140 Å². The first-order chi connectivity index (χ1) is 25.9. The molecule has 0 saturated carbocycles. The van der Waals surface area contributed by atoms with Crippen molar-refractivity contribution in [2.75, 3.05) is 0 Å². The second-order valence-electron chi connectivity index (χ2n) is 14.5. The van der Waals surface area contributed by atoms with Crippen LogP contribution in [0.5, 0.6) is 0 Å². The largest absolute Gasteiger partial charge is 0.309 e. The molecule has 0 saturated heterocycles. The summed E-state index contributed by atoms with van der Waals surface area (Å²) in [6, 6.07) is 55.3. The Hall–Kier alpha value is -6.72.